The fourth-order valence-electron chi connectivity index (χ4n) is 3.36. The number of halogens is 3. The van der Waals surface area contributed by atoms with Crippen LogP contribution in [0, 0.1) is 0 Å². The van der Waals surface area contributed by atoms with Gasteiger partial charge in [-0.3, -0.25) is 4.90 Å². The number of hydrogen-bond acceptors (Lipinski definition) is 1. The highest BCUT2D eigenvalue weighted by molar-refractivity contribution is 5.19. The molecule has 0 N–H and O–H groups in total. The maximum absolute atomic E-state index is 12.9. The second kappa shape index (κ2) is 7.87. The van der Waals surface area contributed by atoms with Gasteiger partial charge in [-0.05, 0) is 30.4 Å². The van der Waals surface area contributed by atoms with Gasteiger partial charge in [-0.25, -0.2) is 0 Å². The molecule has 25 heavy (non-hydrogen) atoms. The van der Waals surface area contributed by atoms with E-state index in [2.05, 4.69) is 29.2 Å². The molecule has 1 unspecified atom stereocenters. The second-order valence-electron chi connectivity index (χ2n) is 6.53. The van der Waals surface area contributed by atoms with Gasteiger partial charge in [0.2, 0.25) is 0 Å². The first-order chi connectivity index (χ1) is 12.0. The molecule has 3 rings (SSSR count). The largest absolute Gasteiger partial charge is 0.412 e. The summed E-state index contributed by atoms with van der Waals surface area (Å²) in [5.41, 5.74) is 2.00. The van der Waals surface area contributed by atoms with Crippen LogP contribution in [0.15, 0.2) is 72.3 Å². The van der Waals surface area contributed by atoms with Gasteiger partial charge in [-0.1, -0.05) is 66.7 Å². The molecule has 1 aliphatic carbocycles. The van der Waals surface area contributed by atoms with E-state index in [9.17, 15) is 13.2 Å². The Morgan fingerprint density at radius 2 is 1.36 bits per heavy atom. The molecule has 1 atom stereocenters. The molecule has 0 fully saturated rings. The molecule has 1 nitrogen and oxygen atoms in total. The molecule has 132 valence electrons. The molecule has 0 bridgehead atoms. The Bertz CT molecular complexity index is 651. The fourth-order valence-corrected chi connectivity index (χ4v) is 3.36. The van der Waals surface area contributed by atoms with Crippen molar-refractivity contribution in [1.29, 1.82) is 0 Å². The summed E-state index contributed by atoms with van der Waals surface area (Å²) in [5, 5.41) is 0. The highest BCUT2D eigenvalue weighted by Crippen LogP contribution is 2.35. The van der Waals surface area contributed by atoms with E-state index >= 15 is 0 Å². The third-order valence-corrected chi connectivity index (χ3v) is 4.72. The van der Waals surface area contributed by atoms with Gasteiger partial charge in [0.25, 0.3) is 0 Å². The van der Waals surface area contributed by atoms with Gasteiger partial charge in [-0.15, -0.1) is 0 Å². The normalized spacial score (nSPS) is 18.2. The van der Waals surface area contributed by atoms with E-state index in [1.807, 2.05) is 36.4 Å². The van der Waals surface area contributed by atoms with Crippen molar-refractivity contribution in [2.24, 2.45) is 0 Å². The number of alkyl halides is 3. The molecule has 2 aromatic rings. The zero-order valence-electron chi connectivity index (χ0n) is 14.0. The smallest absolute Gasteiger partial charge is 0.292 e. The van der Waals surface area contributed by atoms with Gasteiger partial charge >= 0.3 is 6.18 Å². The summed E-state index contributed by atoms with van der Waals surface area (Å²) >= 11 is 0. The van der Waals surface area contributed by atoms with Crippen molar-refractivity contribution in [3.05, 3.63) is 83.4 Å². The highest BCUT2D eigenvalue weighted by Gasteiger charge is 2.36. The Labute approximate surface area is 146 Å². The molecule has 2 aromatic carbocycles. The van der Waals surface area contributed by atoms with Crippen molar-refractivity contribution in [2.75, 3.05) is 0 Å². The number of allylic oxidation sites excluding steroid dienone is 1. The van der Waals surface area contributed by atoms with Crippen LogP contribution in [0.2, 0.25) is 0 Å². The lowest BCUT2D eigenvalue weighted by atomic mass is 9.93. The monoisotopic (exact) mass is 345 g/mol. The minimum Gasteiger partial charge on any atom is -0.292 e. The minimum absolute atomic E-state index is 0.105. The molecule has 0 spiro atoms. The Kier molecular flexibility index (Phi) is 5.59. The molecule has 4 heteroatoms. The molecular formula is C21H22F3N. The topological polar surface area (TPSA) is 3.24 Å². The SMILES string of the molecule is FC(F)(F)C1=CCC(N(Cc2ccccc2)Cc2ccccc2)CC1. The molecule has 0 heterocycles. The number of benzene rings is 2. The number of nitrogens with zero attached hydrogens (tertiary/aromatic N) is 1. The first kappa shape index (κ1) is 17.7. The van der Waals surface area contributed by atoms with Crippen LogP contribution < -0.4 is 0 Å². The van der Waals surface area contributed by atoms with E-state index < -0.39 is 6.18 Å². The molecule has 0 amide bonds. The van der Waals surface area contributed by atoms with Gasteiger partial charge in [0.15, 0.2) is 0 Å². The van der Waals surface area contributed by atoms with Gasteiger partial charge in [0, 0.05) is 24.7 Å². The van der Waals surface area contributed by atoms with Crippen LogP contribution in [-0.2, 0) is 13.1 Å². The number of hydrogen-bond donors (Lipinski definition) is 0. The quantitative estimate of drug-likeness (QED) is 0.626. The average Bonchev–Trinajstić information content (AvgIpc) is 2.62. The van der Waals surface area contributed by atoms with E-state index in [-0.39, 0.29) is 18.0 Å². The van der Waals surface area contributed by atoms with Crippen molar-refractivity contribution in [3.8, 4) is 0 Å². The average molecular weight is 345 g/mol. The van der Waals surface area contributed by atoms with E-state index in [4.69, 9.17) is 0 Å². The molecule has 0 saturated heterocycles. The van der Waals surface area contributed by atoms with E-state index in [1.165, 1.54) is 17.2 Å². The van der Waals surface area contributed by atoms with E-state index in [0.717, 1.165) is 13.1 Å². The van der Waals surface area contributed by atoms with E-state index in [1.54, 1.807) is 0 Å². The van der Waals surface area contributed by atoms with Crippen molar-refractivity contribution in [2.45, 2.75) is 44.6 Å². The van der Waals surface area contributed by atoms with Crippen LogP contribution in [0.1, 0.15) is 30.4 Å². The standard InChI is InChI=1S/C21H22F3N/c22-21(23,24)19-11-13-20(14-12-19)25(15-17-7-3-1-4-8-17)16-18-9-5-2-6-10-18/h1-11,20H,12-16H2. The summed E-state index contributed by atoms with van der Waals surface area (Å²) in [6.45, 7) is 1.49. The summed E-state index contributed by atoms with van der Waals surface area (Å²) in [4.78, 5) is 2.30. The van der Waals surface area contributed by atoms with Gasteiger partial charge in [-0.2, -0.15) is 13.2 Å². The van der Waals surface area contributed by atoms with Crippen LogP contribution in [-0.4, -0.2) is 17.1 Å². The van der Waals surface area contributed by atoms with Crippen LogP contribution in [0.3, 0.4) is 0 Å². The zero-order valence-corrected chi connectivity index (χ0v) is 14.0. The molecule has 0 aromatic heterocycles. The maximum Gasteiger partial charge on any atom is 0.412 e. The molecule has 0 saturated carbocycles. The molecule has 0 radical (unpaired) electrons. The highest BCUT2D eigenvalue weighted by atomic mass is 19.4. The van der Waals surface area contributed by atoms with Crippen LogP contribution in [0.25, 0.3) is 0 Å². The van der Waals surface area contributed by atoms with Crippen molar-refractivity contribution in [1.82, 2.24) is 4.90 Å². The first-order valence-corrected chi connectivity index (χ1v) is 8.60. The van der Waals surface area contributed by atoms with Crippen molar-refractivity contribution in [3.63, 3.8) is 0 Å². The Morgan fingerprint density at radius 3 is 1.76 bits per heavy atom. The summed E-state index contributed by atoms with van der Waals surface area (Å²) in [6.07, 6.45) is -1.69. The lowest BCUT2D eigenvalue weighted by Gasteiger charge is -2.34. The minimum atomic E-state index is -4.19. The lowest BCUT2D eigenvalue weighted by molar-refractivity contribution is -0.0960. The Morgan fingerprint density at radius 1 is 0.840 bits per heavy atom. The Hall–Kier alpha value is -2.07. The lowest BCUT2D eigenvalue weighted by Crippen LogP contribution is -2.36. The van der Waals surface area contributed by atoms with Crippen molar-refractivity contribution < 1.29 is 13.2 Å². The summed E-state index contributed by atoms with van der Waals surface area (Å²) in [6, 6.07) is 20.3. The van der Waals surface area contributed by atoms with E-state index in [0.29, 0.717) is 12.8 Å². The first-order valence-electron chi connectivity index (χ1n) is 8.60. The number of rotatable bonds is 5. The third-order valence-electron chi connectivity index (χ3n) is 4.72. The van der Waals surface area contributed by atoms with Crippen LogP contribution in [0.4, 0.5) is 13.2 Å². The van der Waals surface area contributed by atoms with Gasteiger partial charge in [0.05, 0.1) is 0 Å². The van der Waals surface area contributed by atoms with Gasteiger partial charge < -0.3 is 0 Å². The second-order valence-corrected chi connectivity index (χ2v) is 6.53. The summed E-state index contributed by atoms with van der Waals surface area (Å²) in [5.74, 6) is 0. The van der Waals surface area contributed by atoms with Crippen LogP contribution >= 0.6 is 0 Å². The zero-order chi connectivity index (χ0) is 17.7. The van der Waals surface area contributed by atoms with Gasteiger partial charge in [0.1, 0.15) is 0 Å². The third kappa shape index (κ3) is 4.95. The predicted octanol–water partition coefficient (Wildman–Crippen LogP) is 5.73. The molecular weight excluding hydrogens is 323 g/mol. The fraction of sp³-hybridized carbons (Fsp3) is 0.333. The summed E-state index contributed by atoms with van der Waals surface area (Å²) < 4.78 is 38.6. The van der Waals surface area contributed by atoms with Crippen molar-refractivity contribution >= 4 is 0 Å². The Balaban J connectivity index is 1.76. The maximum atomic E-state index is 12.9. The molecule has 0 aliphatic heterocycles. The predicted molar refractivity (Wildman–Crippen MR) is 93.9 cm³/mol. The molecule has 1 aliphatic rings. The summed E-state index contributed by atoms with van der Waals surface area (Å²) in [7, 11) is 0. The van der Waals surface area contributed by atoms with Crippen LogP contribution in [0.5, 0.6) is 0 Å².